The summed E-state index contributed by atoms with van der Waals surface area (Å²) in [6.07, 6.45) is 0. The molecule has 1 aromatic heterocycles. The quantitative estimate of drug-likeness (QED) is 0.556. The van der Waals surface area contributed by atoms with Crippen LogP contribution in [0.2, 0.25) is 0 Å². The van der Waals surface area contributed by atoms with Crippen LogP contribution in [-0.2, 0) is 10.8 Å². The van der Waals surface area contributed by atoms with Crippen LogP contribution in [0.1, 0.15) is 52.7 Å². The van der Waals surface area contributed by atoms with Crippen molar-refractivity contribution in [3.05, 3.63) is 59.4 Å². The normalized spacial score (nSPS) is 12.4. The summed E-state index contributed by atoms with van der Waals surface area (Å²) in [7, 11) is 0. The summed E-state index contributed by atoms with van der Waals surface area (Å²) in [5, 5.41) is 8.36. The van der Waals surface area contributed by atoms with Crippen molar-refractivity contribution in [1.29, 1.82) is 0 Å². The van der Waals surface area contributed by atoms with Crippen molar-refractivity contribution >= 4 is 0 Å². The van der Waals surface area contributed by atoms with E-state index in [0.717, 1.165) is 5.56 Å². The maximum absolute atomic E-state index is 13.1. The van der Waals surface area contributed by atoms with Crippen LogP contribution in [0.15, 0.2) is 46.9 Å². The molecule has 0 spiro atoms. The van der Waals surface area contributed by atoms with E-state index in [2.05, 4.69) is 69.9 Å². The van der Waals surface area contributed by atoms with Crippen molar-refractivity contribution in [2.45, 2.75) is 52.4 Å². The molecule has 0 amide bonds. The number of halogens is 1. The Morgan fingerprint density at radius 1 is 0.692 bits per heavy atom. The highest BCUT2D eigenvalue weighted by Gasteiger charge is 2.22. The van der Waals surface area contributed by atoms with E-state index in [1.165, 1.54) is 23.3 Å². The minimum Gasteiger partial charge on any atom is -0.416 e. The fraction of sp³-hybridized carbons (Fsp3) is 0.364. The van der Waals surface area contributed by atoms with Crippen LogP contribution in [0.3, 0.4) is 0 Å². The molecular formula is C22H25FN2O. The van der Waals surface area contributed by atoms with Crippen molar-refractivity contribution in [3.8, 4) is 22.9 Å². The Balaban J connectivity index is 2.07. The highest BCUT2D eigenvalue weighted by atomic mass is 19.1. The van der Waals surface area contributed by atoms with Gasteiger partial charge in [0, 0.05) is 11.1 Å². The van der Waals surface area contributed by atoms with Crippen molar-refractivity contribution in [3.63, 3.8) is 0 Å². The first-order valence-electron chi connectivity index (χ1n) is 8.80. The van der Waals surface area contributed by atoms with E-state index in [1.54, 1.807) is 12.1 Å². The van der Waals surface area contributed by atoms with E-state index < -0.39 is 0 Å². The molecule has 0 aliphatic heterocycles. The maximum Gasteiger partial charge on any atom is 0.248 e. The first kappa shape index (κ1) is 18.3. The molecular weight excluding hydrogens is 327 g/mol. The summed E-state index contributed by atoms with van der Waals surface area (Å²) in [6, 6.07) is 12.5. The first-order valence-corrected chi connectivity index (χ1v) is 8.80. The van der Waals surface area contributed by atoms with Crippen molar-refractivity contribution in [1.82, 2.24) is 10.2 Å². The Labute approximate surface area is 154 Å². The standard InChI is InChI=1S/C22H25FN2O/c1-21(2,3)16-11-15(12-17(13-16)22(4,5)6)20-25-24-19(26-20)14-7-9-18(23)10-8-14/h7-13H,1-6H3. The van der Waals surface area contributed by atoms with Gasteiger partial charge in [-0.3, -0.25) is 0 Å². The molecule has 3 nitrogen and oxygen atoms in total. The molecule has 0 saturated heterocycles. The average molecular weight is 352 g/mol. The second kappa shape index (κ2) is 6.35. The molecule has 0 saturated carbocycles. The Bertz CT molecular complexity index is 880. The molecule has 1 heterocycles. The number of nitrogens with zero attached hydrogens (tertiary/aromatic N) is 2. The van der Waals surface area contributed by atoms with Gasteiger partial charge in [-0.05, 0) is 58.4 Å². The highest BCUT2D eigenvalue weighted by Crippen LogP contribution is 2.34. The van der Waals surface area contributed by atoms with E-state index in [-0.39, 0.29) is 16.6 Å². The lowest BCUT2D eigenvalue weighted by molar-refractivity contribution is 0.564. The second-order valence-electron chi connectivity index (χ2n) is 8.72. The molecule has 0 aliphatic carbocycles. The van der Waals surface area contributed by atoms with Crippen LogP contribution in [0.25, 0.3) is 22.9 Å². The van der Waals surface area contributed by atoms with Crippen LogP contribution < -0.4 is 0 Å². The molecule has 3 rings (SSSR count). The van der Waals surface area contributed by atoms with E-state index >= 15 is 0 Å². The van der Waals surface area contributed by atoms with Crippen LogP contribution in [0, 0.1) is 5.82 Å². The summed E-state index contributed by atoms with van der Waals surface area (Å²) < 4.78 is 19.0. The second-order valence-corrected chi connectivity index (χ2v) is 8.72. The van der Waals surface area contributed by atoms with Crippen LogP contribution in [-0.4, -0.2) is 10.2 Å². The third kappa shape index (κ3) is 3.85. The van der Waals surface area contributed by atoms with Gasteiger partial charge in [0.2, 0.25) is 11.8 Å². The largest absolute Gasteiger partial charge is 0.416 e. The molecule has 3 aromatic rings. The molecule has 136 valence electrons. The summed E-state index contributed by atoms with van der Waals surface area (Å²) in [6.45, 7) is 13.1. The molecule has 26 heavy (non-hydrogen) atoms. The Kier molecular flexibility index (Phi) is 4.47. The molecule has 0 bridgehead atoms. The third-order valence-corrected chi connectivity index (χ3v) is 4.43. The minimum atomic E-state index is -0.291. The van der Waals surface area contributed by atoms with Crippen LogP contribution in [0.4, 0.5) is 4.39 Å². The summed E-state index contributed by atoms with van der Waals surface area (Å²) in [4.78, 5) is 0. The van der Waals surface area contributed by atoms with Gasteiger partial charge in [0.25, 0.3) is 0 Å². The monoisotopic (exact) mass is 352 g/mol. The summed E-state index contributed by atoms with van der Waals surface area (Å²) >= 11 is 0. The Morgan fingerprint density at radius 2 is 1.15 bits per heavy atom. The lowest BCUT2D eigenvalue weighted by Crippen LogP contribution is -2.16. The van der Waals surface area contributed by atoms with E-state index in [0.29, 0.717) is 17.3 Å². The van der Waals surface area contributed by atoms with Gasteiger partial charge >= 0.3 is 0 Å². The summed E-state index contributed by atoms with van der Waals surface area (Å²) in [5.41, 5.74) is 4.07. The molecule has 0 fully saturated rings. The lowest BCUT2D eigenvalue weighted by Gasteiger charge is -2.25. The fourth-order valence-electron chi connectivity index (χ4n) is 2.67. The minimum absolute atomic E-state index is 0.00974. The lowest BCUT2D eigenvalue weighted by atomic mass is 9.79. The molecule has 0 atom stereocenters. The number of rotatable bonds is 2. The van der Waals surface area contributed by atoms with Gasteiger partial charge in [-0.15, -0.1) is 10.2 Å². The van der Waals surface area contributed by atoms with Crippen molar-refractivity contribution in [2.75, 3.05) is 0 Å². The van der Waals surface area contributed by atoms with Gasteiger partial charge in [0.1, 0.15) is 5.82 Å². The molecule has 0 N–H and O–H groups in total. The highest BCUT2D eigenvalue weighted by molar-refractivity contribution is 5.60. The van der Waals surface area contributed by atoms with Crippen LogP contribution >= 0.6 is 0 Å². The van der Waals surface area contributed by atoms with Gasteiger partial charge in [0.05, 0.1) is 0 Å². The number of hydrogen-bond acceptors (Lipinski definition) is 3. The molecule has 0 unspecified atom stereocenters. The number of benzene rings is 2. The van der Waals surface area contributed by atoms with Gasteiger partial charge < -0.3 is 4.42 Å². The topological polar surface area (TPSA) is 38.9 Å². The summed E-state index contributed by atoms with van der Waals surface area (Å²) in [5.74, 6) is 0.570. The molecule has 0 aliphatic rings. The van der Waals surface area contributed by atoms with Gasteiger partial charge in [-0.25, -0.2) is 4.39 Å². The van der Waals surface area contributed by atoms with E-state index in [9.17, 15) is 4.39 Å². The van der Waals surface area contributed by atoms with E-state index in [4.69, 9.17) is 4.42 Å². The molecule has 4 heteroatoms. The zero-order valence-corrected chi connectivity index (χ0v) is 16.2. The van der Waals surface area contributed by atoms with Gasteiger partial charge in [-0.1, -0.05) is 47.6 Å². The third-order valence-electron chi connectivity index (χ3n) is 4.43. The van der Waals surface area contributed by atoms with Crippen molar-refractivity contribution < 1.29 is 8.81 Å². The van der Waals surface area contributed by atoms with Crippen molar-refractivity contribution in [2.24, 2.45) is 0 Å². The maximum atomic E-state index is 13.1. The molecule has 0 radical (unpaired) electrons. The predicted octanol–water partition coefficient (Wildman–Crippen LogP) is 6.14. The molecule has 2 aromatic carbocycles. The van der Waals surface area contributed by atoms with Crippen LogP contribution in [0.5, 0.6) is 0 Å². The smallest absolute Gasteiger partial charge is 0.248 e. The Hall–Kier alpha value is -2.49. The first-order chi connectivity index (χ1) is 12.0. The number of hydrogen-bond donors (Lipinski definition) is 0. The predicted molar refractivity (Wildman–Crippen MR) is 103 cm³/mol. The van der Waals surface area contributed by atoms with Gasteiger partial charge in [0.15, 0.2) is 0 Å². The van der Waals surface area contributed by atoms with Gasteiger partial charge in [-0.2, -0.15) is 0 Å². The average Bonchev–Trinajstić information content (AvgIpc) is 3.03. The Morgan fingerprint density at radius 3 is 1.62 bits per heavy atom. The SMILES string of the molecule is CC(C)(C)c1cc(-c2nnc(-c3ccc(F)cc3)o2)cc(C(C)(C)C)c1. The zero-order chi connectivity index (χ0) is 19.1. The zero-order valence-electron chi connectivity index (χ0n) is 16.2. The number of aromatic nitrogens is 2. The van der Waals surface area contributed by atoms with E-state index in [1.807, 2.05) is 0 Å². The fourth-order valence-corrected chi connectivity index (χ4v) is 2.67.